The first-order chi connectivity index (χ1) is 18.6. The molecule has 0 unspecified atom stereocenters. The lowest BCUT2D eigenvalue weighted by atomic mass is 9.42. The summed E-state index contributed by atoms with van der Waals surface area (Å²) >= 11 is 0. The molecule has 5 rings (SSSR count). The minimum Gasteiger partial charge on any atom is -0.481 e. The second kappa shape index (κ2) is 10.1. The van der Waals surface area contributed by atoms with Crippen LogP contribution in [0.4, 0.5) is 0 Å². The van der Waals surface area contributed by atoms with Gasteiger partial charge < -0.3 is 14.6 Å². The summed E-state index contributed by atoms with van der Waals surface area (Å²) in [6.45, 7) is 17.4. The number of rotatable bonds is 5. The van der Waals surface area contributed by atoms with Crippen LogP contribution in [0.25, 0.3) is 0 Å². The van der Waals surface area contributed by atoms with E-state index in [-0.39, 0.29) is 41.2 Å². The van der Waals surface area contributed by atoms with E-state index in [0.717, 1.165) is 25.2 Å². The first-order valence-electron chi connectivity index (χ1n) is 16.2. The van der Waals surface area contributed by atoms with Gasteiger partial charge in [0.05, 0.1) is 18.9 Å². The lowest BCUT2D eigenvalue weighted by Gasteiger charge is -2.64. The average Bonchev–Trinajstić information content (AvgIpc) is 3.01. The number of allylic oxidation sites excluding steroid dienone is 2. The fourth-order valence-electron chi connectivity index (χ4n) is 12.0. The van der Waals surface area contributed by atoms with Crippen molar-refractivity contribution in [3.05, 3.63) is 11.6 Å². The normalized spacial score (nSPS) is 45.5. The molecule has 0 heterocycles. The van der Waals surface area contributed by atoms with Crippen LogP contribution in [0.15, 0.2) is 11.6 Å². The van der Waals surface area contributed by atoms with Gasteiger partial charge in [0.15, 0.2) is 0 Å². The highest BCUT2D eigenvalue weighted by molar-refractivity contribution is 5.76. The Hall–Kier alpha value is -1.36. The third kappa shape index (κ3) is 4.60. The lowest BCUT2D eigenvalue weighted by Crippen LogP contribution is -2.58. The van der Waals surface area contributed by atoms with Gasteiger partial charge in [-0.25, -0.2) is 0 Å². The topological polar surface area (TPSA) is 72.8 Å². The van der Waals surface area contributed by atoms with Crippen molar-refractivity contribution in [1.29, 1.82) is 0 Å². The molecule has 40 heavy (non-hydrogen) atoms. The van der Waals surface area contributed by atoms with E-state index in [2.05, 4.69) is 54.5 Å². The molecule has 0 aliphatic heterocycles. The Kier molecular flexibility index (Phi) is 7.62. The average molecular weight is 557 g/mol. The van der Waals surface area contributed by atoms with Crippen molar-refractivity contribution in [1.82, 2.24) is 0 Å². The molecule has 0 bridgehead atoms. The monoisotopic (exact) mass is 556 g/mol. The standard InChI is InChI=1S/C35H56O5/c1-31(2)25-15-18-33(5)21-22-9-11-24-32(3,4)28(40-30(38)14-13-29(36)37)17-19-34(24,6)23(22)10-12-26(33)35(25,7)20-16-27(31)39-8/h9,23-28H,10-21H2,1-8H3,(H,36,37)/t23-,24-,25-,26-,27-,28+,33-,34+,35-/m0/s1. The van der Waals surface area contributed by atoms with Crippen LogP contribution in [-0.2, 0) is 19.1 Å². The van der Waals surface area contributed by atoms with E-state index >= 15 is 0 Å². The SMILES string of the molecule is CO[C@H]1CC[C@@]2(C)[C@@H](CC[C@@]3(C)CC4=CC[C@H]5C(C)(C)[C@H](OC(=O)CCC(=O)O)CC[C@]5(C)[C@H]4CC[C@@H]32)C1(C)C. The number of aliphatic carboxylic acids is 1. The maximum absolute atomic E-state index is 12.5. The second-order valence-electron chi connectivity index (χ2n) is 16.5. The van der Waals surface area contributed by atoms with Crippen molar-refractivity contribution < 1.29 is 24.2 Å². The predicted octanol–water partition coefficient (Wildman–Crippen LogP) is 8.21. The van der Waals surface area contributed by atoms with Crippen molar-refractivity contribution in [2.45, 2.75) is 138 Å². The van der Waals surface area contributed by atoms with E-state index in [1.54, 1.807) is 5.57 Å². The number of hydrogen-bond donors (Lipinski definition) is 1. The van der Waals surface area contributed by atoms with Crippen molar-refractivity contribution in [2.24, 2.45) is 50.7 Å². The molecular formula is C35H56O5. The van der Waals surface area contributed by atoms with Gasteiger partial charge in [-0.3, -0.25) is 9.59 Å². The van der Waals surface area contributed by atoms with E-state index in [4.69, 9.17) is 14.6 Å². The molecular weight excluding hydrogens is 500 g/mol. The zero-order chi connectivity index (χ0) is 29.3. The van der Waals surface area contributed by atoms with Gasteiger partial charge >= 0.3 is 11.9 Å². The zero-order valence-corrected chi connectivity index (χ0v) is 26.6. The van der Waals surface area contributed by atoms with Crippen LogP contribution in [0, 0.1) is 50.7 Å². The Morgan fingerprint density at radius 2 is 1.45 bits per heavy atom. The minimum absolute atomic E-state index is 0.0435. The second-order valence-corrected chi connectivity index (χ2v) is 16.5. The van der Waals surface area contributed by atoms with Crippen LogP contribution in [-0.4, -0.2) is 36.4 Å². The van der Waals surface area contributed by atoms with E-state index < -0.39 is 5.97 Å². The summed E-state index contributed by atoms with van der Waals surface area (Å²) in [7, 11) is 1.91. The molecule has 5 heteroatoms. The Bertz CT molecular complexity index is 1040. The number of hydrogen-bond acceptors (Lipinski definition) is 4. The molecule has 0 aromatic carbocycles. The van der Waals surface area contributed by atoms with Gasteiger partial charge in [-0.2, -0.15) is 0 Å². The number of carboxylic acid groups (broad SMARTS) is 1. The molecule has 0 radical (unpaired) electrons. The largest absolute Gasteiger partial charge is 0.481 e. The molecule has 0 aromatic rings. The molecule has 4 fully saturated rings. The van der Waals surface area contributed by atoms with Gasteiger partial charge in [0.2, 0.25) is 0 Å². The van der Waals surface area contributed by atoms with Gasteiger partial charge in [0.25, 0.3) is 0 Å². The van der Waals surface area contributed by atoms with Gasteiger partial charge in [0.1, 0.15) is 6.10 Å². The molecule has 0 saturated heterocycles. The van der Waals surface area contributed by atoms with Crippen LogP contribution in [0.5, 0.6) is 0 Å². The van der Waals surface area contributed by atoms with Crippen molar-refractivity contribution >= 4 is 11.9 Å². The molecule has 5 nitrogen and oxygen atoms in total. The molecule has 226 valence electrons. The molecule has 5 aliphatic carbocycles. The third-order valence-corrected chi connectivity index (χ3v) is 13.9. The first kappa shape index (κ1) is 30.1. The van der Waals surface area contributed by atoms with Gasteiger partial charge in [0, 0.05) is 12.5 Å². The quantitative estimate of drug-likeness (QED) is 0.273. The van der Waals surface area contributed by atoms with Crippen molar-refractivity contribution in [3.8, 4) is 0 Å². The van der Waals surface area contributed by atoms with Crippen LogP contribution in [0.3, 0.4) is 0 Å². The molecule has 5 aliphatic rings. The summed E-state index contributed by atoms with van der Waals surface area (Å²) in [5.41, 5.74) is 2.72. The molecule has 0 aromatic heterocycles. The molecule has 0 amide bonds. The molecule has 9 atom stereocenters. The molecule has 4 saturated carbocycles. The lowest BCUT2D eigenvalue weighted by molar-refractivity contribution is -0.178. The van der Waals surface area contributed by atoms with Gasteiger partial charge in [-0.1, -0.05) is 60.1 Å². The maximum Gasteiger partial charge on any atom is 0.306 e. The van der Waals surface area contributed by atoms with Crippen LogP contribution >= 0.6 is 0 Å². The minimum atomic E-state index is -0.949. The highest BCUT2D eigenvalue weighted by atomic mass is 16.5. The summed E-state index contributed by atoms with van der Waals surface area (Å²) in [5, 5.41) is 9.00. The Morgan fingerprint density at radius 1 is 0.800 bits per heavy atom. The molecule has 0 spiro atoms. The highest BCUT2D eigenvalue weighted by Gasteiger charge is 2.63. The first-order valence-corrected chi connectivity index (χ1v) is 16.2. The maximum atomic E-state index is 12.5. The number of carbonyl (C=O) groups excluding carboxylic acids is 1. The van der Waals surface area contributed by atoms with Crippen molar-refractivity contribution in [2.75, 3.05) is 7.11 Å². The number of ether oxygens (including phenoxy) is 2. The zero-order valence-electron chi connectivity index (χ0n) is 26.6. The third-order valence-electron chi connectivity index (χ3n) is 13.9. The summed E-state index contributed by atoms with van der Waals surface area (Å²) in [6, 6.07) is 0. The van der Waals surface area contributed by atoms with E-state index in [1.807, 2.05) is 7.11 Å². The van der Waals surface area contributed by atoms with Crippen LogP contribution < -0.4 is 0 Å². The van der Waals surface area contributed by atoms with E-state index in [9.17, 15) is 9.59 Å². The summed E-state index contributed by atoms with van der Waals surface area (Å²) in [6.07, 6.45) is 14.6. The van der Waals surface area contributed by atoms with Crippen LogP contribution in [0.1, 0.15) is 126 Å². The fraction of sp³-hybridized carbons (Fsp3) is 0.886. The summed E-state index contributed by atoms with van der Waals surface area (Å²) in [5.74, 6) is 1.18. The van der Waals surface area contributed by atoms with E-state index in [0.29, 0.717) is 34.7 Å². The molecule has 1 N–H and O–H groups in total. The number of carbonyl (C=O) groups is 2. The number of carboxylic acids is 1. The summed E-state index contributed by atoms with van der Waals surface area (Å²) in [4.78, 5) is 23.5. The van der Waals surface area contributed by atoms with Crippen molar-refractivity contribution in [3.63, 3.8) is 0 Å². The predicted molar refractivity (Wildman–Crippen MR) is 158 cm³/mol. The fourth-order valence-corrected chi connectivity index (χ4v) is 12.0. The highest BCUT2D eigenvalue weighted by Crippen LogP contribution is 2.70. The Morgan fingerprint density at radius 3 is 2.12 bits per heavy atom. The number of fused-ring (bicyclic) bond motifs is 6. The van der Waals surface area contributed by atoms with Gasteiger partial charge in [-0.15, -0.1) is 0 Å². The van der Waals surface area contributed by atoms with Crippen LogP contribution in [0.2, 0.25) is 0 Å². The number of esters is 1. The Balaban J connectivity index is 1.39. The van der Waals surface area contributed by atoms with Gasteiger partial charge in [-0.05, 0) is 110 Å². The smallest absolute Gasteiger partial charge is 0.306 e. The van der Waals surface area contributed by atoms with E-state index in [1.165, 1.54) is 44.9 Å². The Labute approximate surface area is 243 Å². The number of methoxy groups -OCH3 is 1. The summed E-state index contributed by atoms with van der Waals surface area (Å²) < 4.78 is 12.0.